The van der Waals surface area contributed by atoms with Crippen molar-refractivity contribution >= 4 is 11.7 Å². The van der Waals surface area contributed by atoms with Crippen LogP contribution in [0.1, 0.15) is 66.0 Å². The van der Waals surface area contributed by atoms with E-state index in [1.165, 1.54) is 6.07 Å². The summed E-state index contributed by atoms with van der Waals surface area (Å²) in [5.41, 5.74) is 2.41. The summed E-state index contributed by atoms with van der Waals surface area (Å²) in [4.78, 5) is 21.9. The normalized spacial score (nSPS) is 13.5. The van der Waals surface area contributed by atoms with E-state index in [9.17, 15) is 9.18 Å². The van der Waals surface area contributed by atoms with Crippen molar-refractivity contribution in [3.8, 4) is 11.5 Å². The van der Waals surface area contributed by atoms with Crippen LogP contribution in [0.15, 0.2) is 49.2 Å². The van der Waals surface area contributed by atoms with E-state index in [2.05, 4.69) is 25.5 Å². The summed E-state index contributed by atoms with van der Waals surface area (Å²) >= 11 is 0. The van der Waals surface area contributed by atoms with Crippen LogP contribution in [0.4, 0.5) is 10.2 Å². The van der Waals surface area contributed by atoms with Crippen molar-refractivity contribution in [3.05, 3.63) is 77.6 Å². The number of carbonyl (C=O) groups is 1. The molecule has 3 heterocycles. The molecule has 8 nitrogen and oxygen atoms in total. The van der Waals surface area contributed by atoms with Crippen LogP contribution in [0.2, 0.25) is 0 Å². The summed E-state index contributed by atoms with van der Waals surface area (Å²) in [7, 11) is 0. The maximum atomic E-state index is 14.8. The van der Waals surface area contributed by atoms with Crippen LogP contribution in [-0.2, 0) is 0 Å². The monoisotopic (exact) mass is 445 g/mol. The van der Waals surface area contributed by atoms with Crippen LogP contribution >= 0.6 is 0 Å². The second kappa shape index (κ2) is 8.23. The van der Waals surface area contributed by atoms with Crippen molar-refractivity contribution in [1.82, 2.24) is 29.3 Å². The highest BCUT2D eigenvalue weighted by Gasteiger charge is 2.26. The first kappa shape index (κ1) is 21.0. The Morgan fingerprint density at radius 2 is 2.03 bits per heavy atom. The van der Waals surface area contributed by atoms with Crippen LogP contribution in [0.5, 0.6) is 0 Å². The predicted molar refractivity (Wildman–Crippen MR) is 121 cm³/mol. The highest BCUT2D eigenvalue weighted by atomic mass is 19.1. The Bertz CT molecular complexity index is 1340. The molecule has 0 radical (unpaired) electrons. The molecule has 1 fully saturated rings. The van der Waals surface area contributed by atoms with Crippen LogP contribution in [0.25, 0.3) is 11.5 Å². The van der Waals surface area contributed by atoms with E-state index in [0.717, 1.165) is 29.9 Å². The molecule has 168 valence electrons. The Morgan fingerprint density at radius 1 is 1.21 bits per heavy atom. The average molecular weight is 446 g/mol. The largest absolute Gasteiger partial charge is 0.306 e. The number of nitrogens with zero attached hydrogens (tertiary/aromatic N) is 6. The number of rotatable bonds is 6. The molecule has 33 heavy (non-hydrogen) atoms. The van der Waals surface area contributed by atoms with Gasteiger partial charge in [-0.15, -0.1) is 10.2 Å². The van der Waals surface area contributed by atoms with Crippen molar-refractivity contribution in [2.24, 2.45) is 0 Å². The quantitative estimate of drug-likeness (QED) is 0.470. The maximum absolute atomic E-state index is 14.8. The second-order valence-electron chi connectivity index (χ2n) is 8.65. The van der Waals surface area contributed by atoms with Crippen LogP contribution in [0.3, 0.4) is 0 Å². The van der Waals surface area contributed by atoms with Crippen molar-refractivity contribution in [2.75, 3.05) is 5.32 Å². The lowest BCUT2D eigenvalue weighted by molar-refractivity contribution is 0.102. The number of carbonyl (C=O) groups excluding carboxylic acids is 1. The SMILES string of the molecule is Cc1cc(F)c(C(=O)Nc2cccc(-n3cnnc3C(C)C)n2)cc1-n1cnc(C2CC2)c1. The third-order valence-corrected chi connectivity index (χ3v) is 5.72. The molecule has 9 heteroatoms. The smallest absolute Gasteiger partial charge is 0.259 e. The molecule has 5 rings (SSSR count). The molecule has 0 unspecified atom stereocenters. The number of anilines is 1. The van der Waals surface area contributed by atoms with E-state index in [0.29, 0.717) is 23.2 Å². The standard InChI is InChI=1S/C24H24FN7O/c1-14(2)23-30-27-13-32(23)22-6-4-5-21(28-22)29-24(33)17-10-20(15(3)9-18(17)25)31-11-19(26-12-31)16-7-8-16/h4-6,9-14,16H,7-8H2,1-3H3,(H,28,29,33). The number of hydrogen-bond acceptors (Lipinski definition) is 5. The van der Waals surface area contributed by atoms with Crippen LogP contribution < -0.4 is 5.32 Å². The molecule has 0 aliphatic heterocycles. The number of halogens is 1. The van der Waals surface area contributed by atoms with Gasteiger partial charge in [-0.3, -0.25) is 9.36 Å². The number of aryl methyl sites for hydroxylation is 1. The van der Waals surface area contributed by atoms with Crippen LogP contribution in [-0.4, -0.2) is 35.2 Å². The Hall–Kier alpha value is -3.88. The number of imidazole rings is 1. The lowest BCUT2D eigenvalue weighted by atomic mass is 10.1. The van der Waals surface area contributed by atoms with E-state index in [4.69, 9.17) is 0 Å². The number of hydrogen-bond donors (Lipinski definition) is 1. The topological polar surface area (TPSA) is 90.5 Å². The van der Waals surface area contributed by atoms with Gasteiger partial charge < -0.3 is 9.88 Å². The molecule has 1 aliphatic carbocycles. The Balaban J connectivity index is 1.42. The summed E-state index contributed by atoms with van der Waals surface area (Å²) < 4.78 is 18.4. The summed E-state index contributed by atoms with van der Waals surface area (Å²) in [6.07, 6.45) is 7.54. The Morgan fingerprint density at radius 3 is 2.79 bits per heavy atom. The molecule has 1 saturated carbocycles. The van der Waals surface area contributed by atoms with Gasteiger partial charge in [0.1, 0.15) is 29.6 Å². The third-order valence-electron chi connectivity index (χ3n) is 5.72. The van der Waals surface area contributed by atoms with Crippen molar-refractivity contribution in [3.63, 3.8) is 0 Å². The van der Waals surface area contributed by atoms with Crippen molar-refractivity contribution in [2.45, 2.75) is 45.4 Å². The molecule has 1 aromatic carbocycles. The zero-order valence-corrected chi connectivity index (χ0v) is 18.7. The molecule has 1 amide bonds. The predicted octanol–water partition coefficient (Wildman–Crippen LogP) is 4.55. The third kappa shape index (κ3) is 4.13. The van der Waals surface area contributed by atoms with Gasteiger partial charge in [-0.25, -0.2) is 14.4 Å². The minimum atomic E-state index is -0.590. The number of amides is 1. The van der Waals surface area contributed by atoms with E-state index >= 15 is 0 Å². The minimum absolute atomic E-state index is 0.0587. The van der Waals surface area contributed by atoms with Gasteiger partial charge in [-0.1, -0.05) is 19.9 Å². The lowest BCUT2D eigenvalue weighted by Gasteiger charge is -2.12. The lowest BCUT2D eigenvalue weighted by Crippen LogP contribution is -2.16. The van der Waals surface area contributed by atoms with Gasteiger partial charge in [-0.05, 0) is 49.6 Å². The van der Waals surface area contributed by atoms with Crippen LogP contribution in [0, 0.1) is 12.7 Å². The average Bonchev–Trinajstić information content (AvgIpc) is 3.31. The first-order valence-electron chi connectivity index (χ1n) is 10.9. The molecular weight excluding hydrogens is 421 g/mol. The van der Waals surface area contributed by atoms with E-state index in [-0.39, 0.29) is 11.5 Å². The number of aromatic nitrogens is 6. The van der Waals surface area contributed by atoms with Gasteiger partial charge in [0.15, 0.2) is 0 Å². The number of benzene rings is 1. The highest BCUT2D eigenvalue weighted by Crippen LogP contribution is 2.39. The molecule has 3 aromatic heterocycles. The Labute approximate surface area is 190 Å². The Kier molecular flexibility index (Phi) is 5.24. The fourth-order valence-electron chi connectivity index (χ4n) is 3.80. The van der Waals surface area contributed by atoms with Gasteiger partial charge in [-0.2, -0.15) is 0 Å². The molecule has 0 bridgehead atoms. The van der Waals surface area contributed by atoms with E-state index < -0.39 is 11.7 Å². The van der Waals surface area contributed by atoms with Gasteiger partial charge in [0, 0.05) is 18.0 Å². The fraction of sp³-hybridized carbons (Fsp3) is 0.292. The molecule has 1 N–H and O–H groups in total. The first-order valence-corrected chi connectivity index (χ1v) is 10.9. The van der Waals surface area contributed by atoms with Gasteiger partial charge in [0.05, 0.1) is 23.3 Å². The summed E-state index contributed by atoms with van der Waals surface area (Å²) in [5, 5.41) is 10.8. The first-order chi connectivity index (χ1) is 15.9. The molecule has 4 aromatic rings. The summed E-state index contributed by atoms with van der Waals surface area (Å²) in [6, 6.07) is 8.15. The van der Waals surface area contributed by atoms with E-state index in [1.54, 1.807) is 41.5 Å². The molecular formula is C24H24FN7O. The molecule has 0 spiro atoms. The zero-order chi connectivity index (χ0) is 23.1. The molecule has 0 atom stereocenters. The van der Waals surface area contributed by atoms with E-state index in [1.807, 2.05) is 31.5 Å². The summed E-state index contributed by atoms with van der Waals surface area (Å²) in [6.45, 7) is 5.84. The van der Waals surface area contributed by atoms with Gasteiger partial charge >= 0.3 is 0 Å². The highest BCUT2D eigenvalue weighted by molar-refractivity contribution is 6.04. The zero-order valence-electron chi connectivity index (χ0n) is 18.7. The van der Waals surface area contributed by atoms with Gasteiger partial charge in [0.2, 0.25) is 0 Å². The molecule has 0 saturated heterocycles. The van der Waals surface area contributed by atoms with Gasteiger partial charge in [0.25, 0.3) is 5.91 Å². The van der Waals surface area contributed by atoms with Crippen molar-refractivity contribution in [1.29, 1.82) is 0 Å². The maximum Gasteiger partial charge on any atom is 0.259 e. The molecule has 1 aliphatic rings. The van der Waals surface area contributed by atoms with Crippen molar-refractivity contribution < 1.29 is 9.18 Å². The fourth-order valence-corrected chi connectivity index (χ4v) is 3.80. The number of nitrogens with one attached hydrogen (secondary N) is 1. The summed E-state index contributed by atoms with van der Waals surface area (Å²) in [5.74, 6) is 1.12. The minimum Gasteiger partial charge on any atom is -0.306 e. The number of pyridine rings is 1. The second-order valence-corrected chi connectivity index (χ2v) is 8.65.